The van der Waals surface area contributed by atoms with Gasteiger partial charge < -0.3 is 10.2 Å². The number of nitrogens with one attached hydrogen (secondary N) is 1. The van der Waals surface area contributed by atoms with Gasteiger partial charge in [-0.05, 0) is 19.3 Å². The second kappa shape index (κ2) is 7.48. The summed E-state index contributed by atoms with van der Waals surface area (Å²) < 4.78 is 0. The van der Waals surface area contributed by atoms with Gasteiger partial charge in [0.15, 0.2) is 0 Å². The number of hydrogen-bond donors (Lipinski definition) is 3. The minimum absolute atomic E-state index is 0. The number of rotatable bonds is 6. The van der Waals surface area contributed by atoms with Gasteiger partial charge in [0, 0.05) is 0 Å². The largest absolute Gasteiger partial charge is 0.480 e. The van der Waals surface area contributed by atoms with E-state index in [4.69, 9.17) is 10.2 Å². The normalized spacial score (nSPS) is 14.1. The van der Waals surface area contributed by atoms with Gasteiger partial charge in [-0.3, -0.25) is 14.9 Å². The summed E-state index contributed by atoms with van der Waals surface area (Å²) in [5, 5.41) is 19.9. The maximum absolute atomic E-state index is 10.7. The van der Waals surface area contributed by atoms with Crippen LogP contribution in [0.25, 0.3) is 0 Å². The molecule has 0 fully saturated rings. The van der Waals surface area contributed by atoms with E-state index < -0.39 is 24.0 Å². The van der Waals surface area contributed by atoms with Crippen molar-refractivity contribution in [3.63, 3.8) is 0 Å². The van der Waals surface area contributed by atoms with Gasteiger partial charge in [0.25, 0.3) is 0 Å². The van der Waals surface area contributed by atoms with E-state index in [0.29, 0.717) is 6.42 Å². The second-order valence-corrected chi connectivity index (χ2v) is 3.75. The van der Waals surface area contributed by atoms with E-state index in [9.17, 15) is 9.59 Å². The molecule has 0 aliphatic rings. The molecule has 0 aliphatic heterocycles. The SMILES string of the molecule is CC(C)C[C@H](NC(C)C(=O)O)C(=O)O.Cl. The van der Waals surface area contributed by atoms with Crippen LogP contribution in [0.2, 0.25) is 0 Å². The molecule has 0 spiro atoms. The highest BCUT2D eigenvalue weighted by atomic mass is 35.5. The molecule has 0 rings (SSSR count). The quantitative estimate of drug-likeness (QED) is 0.643. The molecular formula is C9H18ClNO4. The standard InChI is InChI=1S/C9H17NO4.ClH/c1-5(2)4-7(9(13)14)10-6(3)8(11)12;/h5-7,10H,4H2,1-3H3,(H,11,12)(H,13,14);1H/t6?,7-;/m0./s1. The fourth-order valence-corrected chi connectivity index (χ4v) is 1.08. The minimum Gasteiger partial charge on any atom is -0.480 e. The second-order valence-electron chi connectivity index (χ2n) is 3.75. The summed E-state index contributed by atoms with van der Waals surface area (Å²) in [7, 11) is 0. The monoisotopic (exact) mass is 239 g/mol. The van der Waals surface area contributed by atoms with Crippen molar-refractivity contribution in [2.24, 2.45) is 5.92 Å². The Morgan fingerprint density at radius 3 is 1.87 bits per heavy atom. The Bertz CT molecular complexity index is 220. The first kappa shape index (κ1) is 16.6. The molecule has 0 aromatic rings. The van der Waals surface area contributed by atoms with Crippen LogP contribution in [0.4, 0.5) is 0 Å². The van der Waals surface area contributed by atoms with E-state index in [2.05, 4.69) is 5.32 Å². The molecular weight excluding hydrogens is 222 g/mol. The van der Waals surface area contributed by atoms with Crippen molar-refractivity contribution >= 4 is 24.3 Å². The predicted octanol–water partition coefficient (Wildman–Crippen LogP) is 0.970. The molecule has 0 bridgehead atoms. The molecule has 3 N–H and O–H groups in total. The number of carbonyl (C=O) groups is 2. The van der Waals surface area contributed by atoms with E-state index in [1.54, 1.807) is 0 Å². The molecule has 0 heterocycles. The summed E-state index contributed by atoms with van der Waals surface area (Å²) in [5.41, 5.74) is 0. The Morgan fingerprint density at radius 1 is 1.13 bits per heavy atom. The van der Waals surface area contributed by atoms with Gasteiger partial charge >= 0.3 is 11.9 Å². The molecule has 5 nitrogen and oxygen atoms in total. The molecule has 6 heteroatoms. The van der Waals surface area contributed by atoms with Crippen LogP contribution in [-0.4, -0.2) is 34.2 Å². The lowest BCUT2D eigenvalue weighted by molar-refractivity contribution is -0.142. The van der Waals surface area contributed by atoms with Crippen molar-refractivity contribution in [1.29, 1.82) is 0 Å². The fourth-order valence-electron chi connectivity index (χ4n) is 1.08. The maximum atomic E-state index is 10.7. The zero-order valence-corrected chi connectivity index (χ0v) is 9.87. The molecule has 2 atom stereocenters. The summed E-state index contributed by atoms with van der Waals surface area (Å²) in [5.74, 6) is -1.84. The van der Waals surface area contributed by atoms with Gasteiger partial charge in [0.05, 0.1) is 0 Å². The van der Waals surface area contributed by atoms with Crippen molar-refractivity contribution in [3.05, 3.63) is 0 Å². The molecule has 0 saturated heterocycles. The lowest BCUT2D eigenvalue weighted by Gasteiger charge is -2.18. The van der Waals surface area contributed by atoms with E-state index in [-0.39, 0.29) is 18.3 Å². The number of carboxylic acids is 2. The van der Waals surface area contributed by atoms with E-state index >= 15 is 0 Å². The van der Waals surface area contributed by atoms with Crippen molar-refractivity contribution in [1.82, 2.24) is 5.32 Å². The molecule has 0 radical (unpaired) electrons. The molecule has 15 heavy (non-hydrogen) atoms. The van der Waals surface area contributed by atoms with Crippen LogP contribution in [0.3, 0.4) is 0 Å². The van der Waals surface area contributed by atoms with E-state index in [1.165, 1.54) is 6.92 Å². The highest BCUT2D eigenvalue weighted by Crippen LogP contribution is 2.05. The third-order valence-corrected chi connectivity index (χ3v) is 1.83. The van der Waals surface area contributed by atoms with Gasteiger partial charge in [0.1, 0.15) is 12.1 Å². The van der Waals surface area contributed by atoms with Gasteiger partial charge in [-0.1, -0.05) is 13.8 Å². The van der Waals surface area contributed by atoms with Crippen molar-refractivity contribution < 1.29 is 19.8 Å². The third-order valence-electron chi connectivity index (χ3n) is 1.83. The first-order chi connectivity index (χ1) is 6.34. The number of hydrogen-bond acceptors (Lipinski definition) is 3. The molecule has 0 aliphatic carbocycles. The van der Waals surface area contributed by atoms with Crippen LogP contribution < -0.4 is 5.32 Å². The lowest BCUT2D eigenvalue weighted by atomic mass is 10.0. The van der Waals surface area contributed by atoms with Gasteiger partial charge in [-0.15, -0.1) is 12.4 Å². The zero-order chi connectivity index (χ0) is 11.3. The molecule has 0 amide bonds. The van der Waals surface area contributed by atoms with Gasteiger partial charge in [-0.2, -0.15) is 0 Å². The van der Waals surface area contributed by atoms with Crippen LogP contribution in [0.15, 0.2) is 0 Å². The Balaban J connectivity index is 0. The van der Waals surface area contributed by atoms with E-state index in [1.807, 2.05) is 13.8 Å². The van der Waals surface area contributed by atoms with Crippen molar-refractivity contribution in [2.75, 3.05) is 0 Å². The summed E-state index contributed by atoms with van der Waals surface area (Å²) in [4.78, 5) is 21.2. The summed E-state index contributed by atoms with van der Waals surface area (Å²) in [6.45, 7) is 5.21. The topological polar surface area (TPSA) is 86.6 Å². The molecule has 1 unspecified atom stereocenters. The molecule has 0 saturated carbocycles. The van der Waals surface area contributed by atoms with Crippen LogP contribution >= 0.6 is 12.4 Å². The van der Waals surface area contributed by atoms with Crippen LogP contribution in [0.1, 0.15) is 27.2 Å². The van der Waals surface area contributed by atoms with E-state index in [0.717, 1.165) is 0 Å². The van der Waals surface area contributed by atoms with Gasteiger partial charge in [0.2, 0.25) is 0 Å². The highest BCUT2D eigenvalue weighted by molar-refractivity contribution is 5.85. The molecule has 0 aromatic carbocycles. The van der Waals surface area contributed by atoms with Crippen molar-refractivity contribution in [2.45, 2.75) is 39.3 Å². The smallest absolute Gasteiger partial charge is 0.320 e. The Kier molecular flexibility index (Phi) is 8.28. The average Bonchev–Trinajstić information content (AvgIpc) is 2.01. The fraction of sp³-hybridized carbons (Fsp3) is 0.778. The minimum atomic E-state index is -1.04. The molecule has 90 valence electrons. The summed E-state index contributed by atoms with van der Waals surface area (Å²) in [6.07, 6.45) is 0.424. The average molecular weight is 240 g/mol. The summed E-state index contributed by atoms with van der Waals surface area (Å²) >= 11 is 0. The van der Waals surface area contributed by atoms with Gasteiger partial charge in [-0.25, -0.2) is 0 Å². The van der Waals surface area contributed by atoms with Crippen molar-refractivity contribution in [3.8, 4) is 0 Å². The number of halogens is 1. The molecule has 0 aromatic heterocycles. The maximum Gasteiger partial charge on any atom is 0.320 e. The number of aliphatic carboxylic acids is 2. The highest BCUT2D eigenvalue weighted by Gasteiger charge is 2.23. The van der Waals surface area contributed by atoms with Crippen LogP contribution in [0, 0.1) is 5.92 Å². The Labute approximate surface area is 95.3 Å². The lowest BCUT2D eigenvalue weighted by Crippen LogP contribution is -2.46. The Morgan fingerprint density at radius 2 is 1.60 bits per heavy atom. The Hall–Kier alpha value is -0.810. The third kappa shape index (κ3) is 7.16. The zero-order valence-electron chi connectivity index (χ0n) is 9.06. The first-order valence-electron chi connectivity index (χ1n) is 4.56. The van der Waals surface area contributed by atoms with Crippen LogP contribution in [-0.2, 0) is 9.59 Å². The summed E-state index contributed by atoms with van der Waals surface area (Å²) in [6, 6.07) is -1.63. The predicted molar refractivity (Wildman–Crippen MR) is 58.4 cm³/mol. The first-order valence-corrected chi connectivity index (χ1v) is 4.56. The number of carboxylic acid groups (broad SMARTS) is 2. The van der Waals surface area contributed by atoms with Crippen LogP contribution in [0.5, 0.6) is 0 Å².